The molecule has 0 amide bonds. The summed E-state index contributed by atoms with van der Waals surface area (Å²) < 4.78 is 51.8. The number of nitrogens with zero attached hydrogens (tertiary/aromatic N) is 1. The zero-order valence-electron chi connectivity index (χ0n) is 15.7. The molecule has 4 rings (SSSR count). The van der Waals surface area contributed by atoms with Gasteiger partial charge in [0.25, 0.3) is 10.0 Å². The number of halogens is 2. The number of hydrogen-bond donors (Lipinski definition) is 2. The number of rotatable bonds is 5. The number of sulfonamides is 2. The Balaban J connectivity index is 1.83. The van der Waals surface area contributed by atoms with Crippen molar-refractivity contribution in [3.63, 3.8) is 0 Å². The van der Waals surface area contributed by atoms with Crippen LogP contribution in [0.2, 0.25) is 10.0 Å². The zero-order chi connectivity index (χ0) is 22.6. The first kappa shape index (κ1) is 22.7. The highest BCUT2D eigenvalue weighted by Crippen LogP contribution is 2.51. The fourth-order valence-corrected chi connectivity index (χ4v) is 7.33. The molecule has 3 aromatic rings. The first-order valence-corrected chi connectivity index (χ1v) is 14.2. The summed E-state index contributed by atoms with van der Waals surface area (Å²) in [7, 11) is -7.69. The number of benzene rings is 2. The van der Waals surface area contributed by atoms with E-state index in [0.29, 0.717) is 16.3 Å². The van der Waals surface area contributed by atoms with E-state index in [-0.39, 0.29) is 30.2 Å². The maximum Gasteiger partial charge on any atom is 0.271 e. The fourth-order valence-electron chi connectivity index (χ4n) is 3.15. The van der Waals surface area contributed by atoms with Crippen LogP contribution in [-0.4, -0.2) is 22.2 Å². The van der Waals surface area contributed by atoms with Crippen molar-refractivity contribution in [3.8, 4) is 0 Å². The Morgan fingerprint density at radius 3 is 2.39 bits per heavy atom. The molecule has 1 unspecified atom stereocenters. The van der Waals surface area contributed by atoms with Crippen LogP contribution in [0.3, 0.4) is 0 Å². The minimum absolute atomic E-state index is 0.000519. The molecule has 0 radical (unpaired) electrons. The quantitative estimate of drug-likeness (QED) is 0.470. The van der Waals surface area contributed by atoms with E-state index in [1.165, 1.54) is 36.0 Å². The van der Waals surface area contributed by atoms with Crippen molar-refractivity contribution >= 4 is 83.4 Å². The average Bonchev–Trinajstić information content (AvgIpc) is 3.31. The van der Waals surface area contributed by atoms with Gasteiger partial charge in [0.15, 0.2) is 0 Å². The number of anilines is 3. The van der Waals surface area contributed by atoms with Crippen LogP contribution in [0.25, 0.3) is 0 Å². The Morgan fingerprint density at radius 1 is 1.03 bits per heavy atom. The van der Waals surface area contributed by atoms with E-state index >= 15 is 0 Å². The van der Waals surface area contributed by atoms with Gasteiger partial charge in [0.05, 0.1) is 37.4 Å². The van der Waals surface area contributed by atoms with Gasteiger partial charge in [-0.25, -0.2) is 22.0 Å². The van der Waals surface area contributed by atoms with Crippen molar-refractivity contribution in [1.82, 2.24) is 0 Å². The predicted molar refractivity (Wildman–Crippen MR) is 127 cm³/mol. The molecule has 3 N–H and O–H groups in total. The molecule has 0 saturated heterocycles. The standard InChI is InChI=1S/C18H15Cl2N3O4S4/c1-10-23(15-5-4-11(30(21,24)25)7-17(15)29-10)16-9-13(20)12(19)8-14(16)22-31(26,27)18-3-2-6-28-18/h2-10,22H,1H3,(H2,21,24,25). The second-order valence-corrected chi connectivity index (χ2v) is 13.2. The largest absolute Gasteiger partial charge is 0.326 e. The highest BCUT2D eigenvalue weighted by Gasteiger charge is 2.32. The molecule has 1 aliphatic heterocycles. The van der Waals surface area contributed by atoms with E-state index in [9.17, 15) is 16.8 Å². The third-order valence-electron chi connectivity index (χ3n) is 4.48. The summed E-state index contributed by atoms with van der Waals surface area (Å²) in [5.74, 6) is 0. The van der Waals surface area contributed by atoms with Crippen LogP contribution in [0.1, 0.15) is 6.92 Å². The van der Waals surface area contributed by atoms with Gasteiger partial charge >= 0.3 is 0 Å². The monoisotopic (exact) mass is 535 g/mol. The fraction of sp³-hybridized carbons (Fsp3) is 0.111. The SMILES string of the molecule is CC1Sc2cc(S(N)(=O)=O)ccc2N1c1cc(Cl)c(Cl)cc1NS(=O)(=O)c1cccs1. The maximum absolute atomic E-state index is 12.8. The summed E-state index contributed by atoms with van der Waals surface area (Å²) in [4.78, 5) is 2.55. The average molecular weight is 537 g/mol. The second kappa shape index (κ2) is 8.14. The Bertz CT molecular complexity index is 1380. The first-order chi connectivity index (χ1) is 14.5. The van der Waals surface area contributed by atoms with Gasteiger partial charge in [-0.1, -0.05) is 41.0 Å². The van der Waals surface area contributed by atoms with Gasteiger partial charge in [-0.15, -0.1) is 11.3 Å². The molecule has 7 nitrogen and oxygen atoms in total. The van der Waals surface area contributed by atoms with Crippen LogP contribution in [0.5, 0.6) is 0 Å². The Labute approximate surface area is 198 Å². The molecular formula is C18H15Cl2N3O4S4. The van der Waals surface area contributed by atoms with E-state index in [4.69, 9.17) is 28.3 Å². The van der Waals surface area contributed by atoms with Gasteiger partial charge in [0.1, 0.15) is 4.21 Å². The molecule has 0 spiro atoms. The molecule has 1 aromatic heterocycles. The van der Waals surface area contributed by atoms with Gasteiger partial charge in [-0.05, 0) is 48.7 Å². The summed E-state index contributed by atoms with van der Waals surface area (Å²) in [6, 6.07) is 10.7. The lowest BCUT2D eigenvalue weighted by Crippen LogP contribution is -2.23. The molecule has 31 heavy (non-hydrogen) atoms. The topological polar surface area (TPSA) is 110 Å². The summed E-state index contributed by atoms with van der Waals surface area (Å²) in [6.07, 6.45) is 0. The van der Waals surface area contributed by atoms with Gasteiger partial charge in [0.2, 0.25) is 10.0 Å². The molecule has 0 saturated carbocycles. The highest BCUT2D eigenvalue weighted by atomic mass is 35.5. The number of primary sulfonamides is 1. The molecule has 2 heterocycles. The number of hydrogen-bond acceptors (Lipinski definition) is 7. The molecule has 1 aliphatic rings. The normalized spacial score (nSPS) is 16.4. The summed E-state index contributed by atoms with van der Waals surface area (Å²) in [5, 5.41) is 7.18. The van der Waals surface area contributed by atoms with E-state index in [0.717, 1.165) is 11.3 Å². The number of thioether (sulfide) groups is 1. The summed E-state index contributed by atoms with van der Waals surface area (Å²) in [6.45, 7) is 1.90. The van der Waals surface area contributed by atoms with Gasteiger partial charge in [-0.3, -0.25) is 4.72 Å². The van der Waals surface area contributed by atoms with Crippen molar-refractivity contribution in [2.24, 2.45) is 5.14 Å². The van der Waals surface area contributed by atoms with Crippen molar-refractivity contribution in [2.45, 2.75) is 26.3 Å². The number of fused-ring (bicyclic) bond motifs is 1. The molecule has 2 aromatic carbocycles. The van der Waals surface area contributed by atoms with Crippen LogP contribution < -0.4 is 14.8 Å². The smallest absolute Gasteiger partial charge is 0.271 e. The van der Waals surface area contributed by atoms with E-state index in [2.05, 4.69) is 4.72 Å². The highest BCUT2D eigenvalue weighted by molar-refractivity contribution is 8.00. The van der Waals surface area contributed by atoms with E-state index in [1.807, 2.05) is 11.8 Å². The zero-order valence-corrected chi connectivity index (χ0v) is 20.5. The van der Waals surface area contributed by atoms with Crippen molar-refractivity contribution in [2.75, 3.05) is 9.62 Å². The predicted octanol–water partition coefficient (Wildman–Crippen LogP) is 5.09. The van der Waals surface area contributed by atoms with Gasteiger partial charge in [0, 0.05) is 4.90 Å². The Morgan fingerprint density at radius 2 is 1.74 bits per heavy atom. The van der Waals surface area contributed by atoms with Crippen molar-refractivity contribution in [1.29, 1.82) is 0 Å². The Kier molecular flexibility index (Phi) is 5.97. The molecule has 0 fully saturated rings. The number of nitrogens with one attached hydrogen (secondary N) is 1. The lowest BCUT2D eigenvalue weighted by atomic mass is 10.2. The van der Waals surface area contributed by atoms with Crippen molar-refractivity contribution < 1.29 is 16.8 Å². The second-order valence-electron chi connectivity index (χ2n) is 6.58. The van der Waals surface area contributed by atoms with Crippen LogP contribution in [0.4, 0.5) is 17.1 Å². The lowest BCUT2D eigenvalue weighted by molar-refractivity contribution is 0.597. The maximum atomic E-state index is 12.8. The molecule has 0 aliphatic carbocycles. The molecule has 13 heteroatoms. The van der Waals surface area contributed by atoms with Crippen LogP contribution in [-0.2, 0) is 20.0 Å². The summed E-state index contributed by atoms with van der Waals surface area (Å²) in [5.41, 5.74) is 1.43. The van der Waals surface area contributed by atoms with Gasteiger partial charge in [-0.2, -0.15) is 0 Å². The third-order valence-corrected chi connectivity index (χ3v) is 10.0. The Hall–Kier alpha value is -1.47. The molecular weight excluding hydrogens is 521 g/mol. The number of nitrogens with two attached hydrogens (primary N) is 1. The summed E-state index contributed by atoms with van der Waals surface area (Å²) >= 11 is 14.9. The van der Waals surface area contributed by atoms with Crippen LogP contribution in [0, 0.1) is 0 Å². The molecule has 1 atom stereocenters. The van der Waals surface area contributed by atoms with E-state index < -0.39 is 20.0 Å². The van der Waals surface area contributed by atoms with E-state index in [1.54, 1.807) is 23.6 Å². The minimum Gasteiger partial charge on any atom is -0.326 e. The molecule has 164 valence electrons. The number of thiophene rings is 1. The van der Waals surface area contributed by atoms with Gasteiger partial charge < -0.3 is 4.90 Å². The third kappa shape index (κ3) is 4.40. The molecule has 0 bridgehead atoms. The van der Waals surface area contributed by atoms with Crippen LogP contribution in [0.15, 0.2) is 61.8 Å². The first-order valence-electron chi connectivity index (χ1n) is 8.65. The van der Waals surface area contributed by atoms with Crippen molar-refractivity contribution in [3.05, 3.63) is 57.9 Å². The minimum atomic E-state index is -3.85. The lowest BCUT2D eigenvalue weighted by Gasteiger charge is -2.27. The van der Waals surface area contributed by atoms with Crippen LogP contribution >= 0.6 is 46.3 Å².